The third-order valence-electron chi connectivity index (χ3n) is 3.21. The van der Waals surface area contributed by atoms with Crippen molar-refractivity contribution in [2.75, 3.05) is 13.2 Å². The summed E-state index contributed by atoms with van der Waals surface area (Å²) >= 11 is 0. The maximum absolute atomic E-state index is 12.2. The topological polar surface area (TPSA) is 77.6 Å². The summed E-state index contributed by atoms with van der Waals surface area (Å²) in [7, 11) is 0. The summed E-state index contributed by atoms with van der Waals surface area (Å²) in [5, 5.41) is 0. The summed E-state index contributed by atoms with van der Waals surface area (Å²) in [6.07, 6.45) is -1.88. The monoisotopic (exact) mass is 301 g/mol. The Kier molecular flexibility index (Phi) is 4.55. The van der Waals surface area contributed by atoms with Crippen molar-refractivity contribution in [2.24, 2.45) is 0 Å². The number of nitrogens with zero attached hydrogens (tertiary/aromatic N) is 1. The first-order valence-corrected chi connectivity index (χ1v) is 7.19. The van der Waals surface area contributed by atoms with E-state index in [1.165, 1.54) is 0 Å². The van der Waals surface area contributed by atoms with Gasteiger partial charge in [0.25, 0.3) is 5.91 Å². The number of carbonyl (C=O) groups is 2. The van der Waals surface area contributed by atoms with Gasteiger partial charge in [0.1, 0.15) is 11.7 Å². The minimum absolute atomic E-state index is 0.174. The highest BCUT2D eigenvalue weighted by Crippen LogP contribution is 2.38. The maximum atomic E-state index is 12.2. The van der Waals surface area contributed by atoms with E-state index in [4.69, 9.17) is 18.9 Å². The van der Waals surface area contributed by atoms with Crippen LogP contribution in [-0.4, -0.2) is 60.3 Å². The van der Waals surface area contributed by atoms with Gasteiger partial charge in [0, 0.05) is 6.61 Å². The average molecular weight is 301 g/mol. The van der Waals surface area contributed by atoms with E-state index in [0.29, 0.717) is 6.61 Å². The first-order valence-electron chi connectivity index (χ1n) is 7.19. The van der Waals surface area contributed by atoms with Crippen LogP contribution in [0.25, 0.3) is 0 Å². The minimum Gasteiger partial charge on any atom is -0.443 e. The predicted molar refractivity (Wildman–Crippen MR) is 72.6 cm³/mol. The number of hydrogen-bond acceptors (Lipinski definition) is 6. The molecule has 0 radical (unpaired) electrons. The van der Waals surface area contributed by atoms with E-state index in [-0.39, 0.29) is 18.6 Å². The van der Waals surface area contributed by atoms with Gasteiger partial charge in [-0.1, -0.05) is 0 Å². The van der Waals surface area contributed by atoms with Gasteiger partial charge in [0.05, 0.1) is 12.6 Å². The number of epoxide rings is 1. The number of morpholine rings is 1. The number of ether oxygens (including phenoxy) is 4. The molecule has 21 heavy (non-hydrogen) atoms. The Bertz CT molecular complexity index is 418. The lowest BCUT2D eigenvalue weighted by Gasteiger charge is -2.29. The van der Waals surface area contributed by atoms with Gasteiger partial charge in [-0.05, 0) is 34.6 Å². The number of amides is 2. The van der Waals surface area contributed by atoms with Crippen molar-refractivity contribution >= 4 is 12.0 Å². The zero-order valence-electron chi connectivity index (χ0n) is 13.1. The van der Waals surface area contributed by atoms with Gasteiger partial charge in [0.15, 0.2) is 12.4 Å². The number of fused-ring (bicyclic) bond motifs is 1. The molecule has 2 amide bonds. The lowest BCUT2D eigenvalue weighted by molar-refractivity contribution is -0.148. The van der Waals surface area contributed by atoms with Crippen molar-refractivity contribution in [3.05, 3.63) is 0 Å². The third kappa shape index (κ3) is 3.72. The Hall–Kier alpha value is -1.18. The van der Waals surface area contributed by atoms with Crippen molar-refractivity contribution in [3.63, 3.8) is 0 Å². The van der Waals surface area contributed by atoms with Crippen molar-refractivity contribution < 1.29 is 28.5 Å². The lowest BCUT2D eigenvalue weighted by Crippen LogP contribution is -2.48. The smallest absolute Gasteiger partial charge is 0.417 e. The number of likely N-dealkylation sites (tertiary alicyclic amines) is 1. The van der Waals surface area contributed by atoms with Gasteiger partial charge in [-0.2, -0.15) is 0 Å². The van der Waals surface area contributed by atoms with E-state index < -0.39 is 30.1 Å². The van der Waals surface area contributed by atoms with Crippen LogP contribution >= 0.6 is 0 Å². The van der Waals surface area contributed by atoms with E-state index >= 15 is 0 Å². The van der Waals surface area contributed by atoms with Crippen LogP contribution in [0.2, 0.25) is 0 Å². The molecule has 0 N–H and O–H groups in total. The fourth-order valence-electron chi connectivity index (χ4n) is 2.29. The number of rotatable bonds is 5. The summed E-state index contributed by atoms with van der Waals surface area (Å²) < 4.78 is 21.3. The normalized spacial score (nSPS) is 29.3. The van der Waals surface area contributed by atoms with Gasteiger partial charge in [-0.3, -0.25) is 4.79 Å². The molecular weight excluding hydrogens is 278 g/mol. The van der Waals surface area contributed by atoms with E-state index in [2.05, 4.69) is 0 Å². The zero-order valence-corrected chi connectivity index (χ0v) is 13.1. The molecule has 0 aromatic heterocycles. The van der Waals surface area contributed by atoms with E-state index in [1.807, 2.05) is 6.92 Å². The second-order valence-corrected chi connectivity index (χ2v) is 6.13. The van der Waals surface area contributed by atoms with Gasteiger partial charge < -0.3 is 18.9 Å². The number of imide groups is 1. The molecule has 0 bridgehead atoms. The average Bonchev–Trinajstić information content (AvgIpc) is 3.06. The highest BCUT2D eigenvalue weighted by Gasteiger charge is 2.63. The molecule has 0 aliphatic carbocycles. The number of carbonyl (C=O) groups excluding carboxylic acids is 2. The van der Waals surface area contributed by atoms with Crippen molar-refractivity contribution in [2.45, 2.75) is 64.8 Å². The molecule has 120 valence electrons. The van der Waals surface area contributed by atoms with Crippen LogP contribution in [0, 0.1) is 0 Å². The largest absolute Gasteiger partial charge is 0.443 e. The highest BCUT2D eigenvalue weighted by molar-refractivity contribution is 5.99. The summed E-state index contributed by atoms with van der Waals surface area (Å²) in [6.45, 7) is 9.60. The number of hydrogen-bond donors (Lipinski definition) is 0. The molecule has 2 fully saturated rings. The van der Waals surface area contributed by atoms with Crippen LogP contribution in [0.1, 0.15) is 34.6 Å². The second-order valence-electron chi connectivity index (χ2n) is 6.13. The van der Waals surface area contributed by atoms with E-state index in [0.717, 1.165) is 4.90 Å². The van der Waals surface area contributed by atoms with Gasteiger partial charge >= 0.3 is 6.09 Å². The van der Waals surface area contributed by atoms with Crippen LogP contribution in [0.15, 0.2) is 0 Å². The molecule has 1 unspecified atom stereocenters. The molecule has 7 nitrogen and oxygen atoms in total. The molecule has 0 aromatic rings. The second kappa shape index (κ2) is 5.90. The van der Waals surface area contributed by atoms with Crippen LogP contribution in [0.3, 0.4) is 0 Å². The lowest BCUT2D eigenvalue weighted by atomic mass is 10.2. The summed E-state index contributed by atoms with van der Waals surface area (Å²) in [4.78, 5) is 25.3. The molecule has 2 heterocycles. The molecule has 2 aliphatic rings. The molecular formula is C14H23NO6. The Labute approximate surface area is 124 Å². The van der Waals surface area contributed by atoms with Crippen molar-refractivity contribution in [1.29, 1.82) is 0 Å². The van der Waals surface area contributed by atoms with Crippen LogP contribution in [0.5, 0.6) is 0 Å². The van der Waals surface area contributed by atoms with Crippen LogP contribution in [0.4, 0.5) is 4.79 Å². The molecule has 7 heteroatoms. The molecule has 0 saturated carbocycles. The Balaban J connectivity index is 1.97. The molecule has 0 spiro atoms. The van der Waals surface area contributed by atoms with Crippen LogP contribution in [-0.2, 0) is 23.7 Å². The Morgan fingerprint density at radius 3 is 2.62 bits per heavy atom. The SMILES string of the molecule is CCOC(C)OC[C@@H]1[C@H]2O[C@H]2C(=O)N1C(=O)OC(C)(C)C. The first-order chi connectivity index (χ1) is 9.74. The van der Waals surface area contributed by atoms with E-state index in [9.17, 15) is 9.59 Å². The molecule has 0 aromatic carbocycles. The van der Waals surface area contributed by atoms with Gasteiger partial charge in [-0.15, -0.1) is 0 Å². The Morgan fingerprint density at radius 2 is 2.05 bits per heavy atom. The highest BCUT2D eigenvalue weighted by atomic mass is 16.7. The molecule has 4 atom stereocenters. The Morgan fingerprint density at radius 1 is 1.38 bits per heavy atom. The first kappa shape index (κ1) is 16.2. The third-order valence-corrected chi connectivity index (χ3v) is 3.21. The molecule has 2 saturated heterocycles. The fourth-order valence-corrected chi connectivity index (χ4v) is 2.29. The van der Waals surface area contributed by atoms with E-state index in [1.54, 1.807) is 27.7 Å². The summed E-state index contributed by atoms with van der Waals surface area (Å²) in [5.41, 5.74) is -0.658. The summed E-state index contributed by atoms with van der Waals surface area (Å²) in [6, 6.07) is -0.458. The quantitative estimate of drug-likeness (QED) is 0.562. The van der Waals surface area contributed by atoms with Crippen molar-refractivity contribution in [3.8, 4) is 0 Å². The van der Waals surface area contributed by atoms with Crippen LogP contribution < -0.4 is 0 Å². The fraction of sp³-hybridized carbons (Fsp3) is 0.857. The minimum atomic E-state index is -0.658. The van der Waals surface area contributed by atoms with Gasteiger partial charge in [-0.25, -0.2) is 9.69 Å². The standard InChI is InChI=1S/C14H23NO6/c1-6-18-8(2)19-7-9-10-11(20-10)12(16)15(9)13(17)21-14(3,4)5/h8-11H,6-7H2,1-5H3/t8?,9-,10-,11-/m1/s1. The van der Waals surface area contributed by atoms with Crippen molar-refractivity contribution in [1.82, 2.24) is 4.90 Å². The predicted octanol–water partition coefficient (Wildman–Crippen LogP) is 1.30. The zero-order chi connectivity index (χ0) is 15.8. The van der Waals surface area contributed by atoms with Gasteiger partial charge in [0.2, 0.25) is 0 Å². The maximum Gasteiger partial charge on any atom is 0.417 e. The summed E-state index contributed by atoms with van der Waals surface area (Å²) in [5.74, 6) is -0.355. The molecule has 2 aliphatic heterocycles. The molecule has 2 rings (SSSR count).